The molecule has 0 bridgehead atoms. The first-order valence-corrected chi connectivity index (χ1v) is 5.09. The van der Waals surface area contributed by atoms with Crippen molar-refractivity contribution in [1.29, 1.82) is 0 Å². The van der Waals surface area contributed by atoms with Crippen LogP contribution < -0.4 is 4.90 Å². The number of carbonyl (C=O) groups is 1. The summed E-state index contributed by atoms with van der Waals surface area (Å²) in [6.45, 7) is 1.31. The smallest absolute Gasteiger partial charge is 0.328 e. The molecule has 1 aromatic carbocycles. The summed E-state index contributed by atoms with van der Waals surface area (Å²) in [5.41, 5.74) is 1.99. The van der Waals surface area contributed by atoms with Crippen LogP contribution in [0, 0.1) is 5.82 Å². The molecule has 0 atom stereocenters. The maximum Gasteiger partial charge on any atom is 0.328 e. The van der Waals surface area contributed by atoms with Crippen molar-refractivity contribution in [1.82, 2.24) is 0 Å². The number of benzene rings is 1. The molecule has 0 unspecified atom stereocenters. The molecule has 16 heavy (non-hydrogen) atoms. The summed E-state index contributed by atoms with van der Waals surface area (Å²) in [5.74, 6) is -1.22. The Morgan fingerprint density at radius 3 is 3.12 bits per heavy atom. The number of nitrogens with zero attached hydrogens (tertiary/aromatic N) is 1. The van der Waals surface area contributed by atoms with Crippen molar-refractivity contribution < 1.29 is 14.3 Å². The molecule has 1 N–H and O–H groups in total. The van der Waals surface area contributed by atoms with Crippen molar-refractivity contribution in [3.63, 3.8) is 0 Å². The van der Waals surface area contributed by atoms with E-state index in [0.29, 0.717) is 6.54 Å². The number of aliphatic carboxylic acids is 1. The molecule has 1 aliphatic heterocycles. The lowest BCUT2D eigenvalue weighted by Gasteiger charge is -2.16. The van der Waals surface area contributed by atoms with Crippen molar-refractivity contribution in [2.45, 2.75) is 6.42 Å². The third kappa shape index (κ3) is 2.21. The Morgan fingerprint density at radius 1 is 1.56 bits per heavy atom. The fraction of sp³-hybridized carbons (Fsp3) is 0.250. The number of halogens is 1. The van der Waals surface area contributed by atoms with Gasteiger partial charge in [-0.25, -0.2) is 9.18 Å². The third-order valence-corrected chi connectivity index (χ3v) is 2.63. The Balaban J connectivity index is 2.11. The first-order chi connectivity index (χ1) is 7.66. The minimum atomic E-state index is -0.960. The van der Waals surface area contributed by atoms with Gasteiger partial charge >= 0.3 is 5.97 Å². The summed E-state index contributed by atoms with van der Waals surface area (Å²) < 4.78 is 13.0. The molecule has 0 radical (unpaired) electrons. The second kappa shape index (κ2) is 4.35. The maximum atomic E-state index is 13.0. The standard InChI is InChI=1S/C12H12FNO2/c13-10-4-3-9-5-7-14(11(9)8-10)6-1-2-12(15)16/h1-4,8H,5-7H2,(H,15,16)/b2-1+. The highest BCUT2D eigenvalue weighted by Gasteiger charge is 2.18. The van der Waals surface area contributed by atoms with Gasteiger partial charge in [0.05, 0.1) is 0 Å². The molecule has 0 aliphatic carbocycles. The Morgan fingerprint density at radius 2 is 2.38 bits per heavy atom. The SMILES string of the molecule is O=C(O)/C=C/CN1CCc2ccc(F)cc21. The zero-order valence-corrected chi connectivity index (χ0v) is 8.69. The molecule has 84 valence electrons. The largest absolute Gasteiger partial charge is 0.478 e. The molecule has 0 saturated heterocycles. The van der Waals surface area contributed by atoms with Gasteiger partial charge in [-0.1, -0.05) is 12.1 Å². The second-order valence-electron chi connectivity index (χ2n) is 3.71. The van der Waals surface area contributed by atoms with Gasteiger partial charge in [-0.05, 0) is 24.1 Å². The van der Waals surface area contributed by atoms with Crippen LogP contribution in [0.25, 0.3) is 0 Å². The fourth-order valence-electron chi connectivity index (χ4n) is 1.89. The highest BCUT2D eigenvalue weighted by Crippen LogP contribution is 2.28. The molecule has 0 fully saturated rings. The highest BCUT2D eigenvalue weighted by atomic mass is 19.1. The molecule has 2 rings (SSSR count). The van der Waals surface area contributed by atoms with Crippen molar-refractivity contribution >= 4 is 11.7 Å². The third-order valence-electron chi connectivity index (χ3n) is 2.63. The van der Waals surface area contributed by atoms with Crippen LogP contribution in [0.1, 0.15) is 5.56 Å². The number of hydrogen-bond donors (Lipinski definition) is 1. The van der Waals surface area contributed by atoms with E-state index >= 15 is 0 Å². The quantitative estimate of drug-likeness (QED) is 0.791. The van der Waals surface area contributed by atoms with Crippen LogP contribution in [0.4, 0.5) is 10.1 Å². The van der Waals surface area contributed by atoms with E-state index in [1.165, 1.54) is 12.1 Å². The average Bonchev–Trinajstić information content (AvgIpc) is 2.60. The van der Waals surface area contributed by atoms with Gasteiger partial charge in [0.25, 0.3) is 0 Å². The zero-order chi connectivity index (χ0) is 11.5. The van der Waals surface area contributed by atoms with Gasteiger partial charge in [0.1, 0.15) is 5.82 Å². The number of carboxylic acids is 1. The minimum absolute atomic E-state index is 0.257. The Hall–Kier alpha value is -1.84. The second-order valence-corrected chi connectivity index (χ2v) is 3.71. The van der Waals surface area contributed by atoms with Crippen LogP contribution in [0.5, 0.6) is 0 Å². The Bertz CT molecular complexity index is 443. The molecule has 1 heterocycles. The van der Waals surface area contributed by atoms with Crippen LogP contribution in [-0.4, -0.2) is 24.2 Å². The van der Waals surface area contributed by atoms with Crippen LogP contribution >= 0.6 is 0 Å². The monoisotopic (exact) mass is 221 g/mol. The summed E-state index contributed by atoms with van der Waals surface area (Å²) in [5, 5.41) is 8.46. The van der Waals surface area contributed by atoms with Crippen molar-refractivity contribution in [2.75, 3.05) is 18.0 Å². The van der Waals surface area contributed by atoms with Crippen LogP contribution in [0.3, 0.4) is 0 Å². The molecule has 0 amide bonds. The number of anilines is 1. The van der Waals surface area contributed by atoms with E-state index in [9.17, 15) is 9.18 Å². The van der Waals surface area contributed by atoms with Crippen LogP contribution in [0.15, 0.2) is 30.4 Å². The van der Waals surface area contributed by atoms with E-state index in [2.05, 4.69) is 0 Å². The summed E-state index contributed by atoms with van der Waals surface area (Å²) >= 11 is 0. The minimum Gasteiger partial charge on any atom is -0.478 e. The van der Waals surface area contributed by atoms with Gasteiger partial charge in [0.2, 0.25) is 0 Å². The molecule has 1 aromatic rings. The molecule has 0 spiro atoms. The molecule has 1 aliphatic rings. The predicted octanol–water partition coefficient (Wildman–Crippen LogP) is 1.83. The lowest BCUT2D eigenvalue weighted by molar-refractivity contribution is -0.131. The van der Waals surface area contributed by atoms with E-state index in [1.54, 1.807) is 12.1 Å². The summed E-state index contributed by atoms with van der Waals surface area (Å²) in [7, 11) is 0. The van der Waals surface area contributed by atoms with Crippen molar-refractivity contribution in [2.24, 2.45) is 0 Å². The van der Waals surface area contributed by atoms with Gasteiger partial charge in [-0.3, -0.25) is 0 Å². The Kier molecular flexibility index (Phi) is 2.90. The fourth-order valence-corrected chi connectivity index (χ4v) is 1.89. The van der Waals surface area contributed by atoms with E-state index in [4.69, 9.17) is 5.11 Å². The molecular formula is C12H12FNO2. The van der Waals surface area contributed by atoms with Gasteiger partial charge in [-0.2, -0.15) is 0 Å². The average molecular weight is 221 g/mol. The topological polar surface area (TPSA) is 40.5 Å². The first-order valence-electron chi connectivity index (χ1n) is 5.09. The molecule has 3 nitrogen and oxygen atoms in total. The predicted molar refractivity (Wildman–Crippen MR) is 59.1 cm³/mol. The zero-order valence-electron chi connectivity index (χ0n) is 8.69. The van der Waals surface area contributed by atoms with Gasteiger partial charge in [-0.15, -0.1) is 0 Å². The normalized spacial score (nSPS) is 14.4. The summed E-state index contributed by atoms with van der Waals surface area (Å²) in [4.78, 5) is 12.3. The lowest BCUT2D eigenvalue weighted by atomic mass is 10.2. The number of rotatable bonds is 3. The van der Waals surface area contributed by atoms with E-state index in [0.717, 1.165) is 30.3 Å². The van der Waals surface area contributed by atoms with Gasteiger partial charge < -0.3 is 10.0 Å². The Labute approximate surface area is 92.8 Å². The van der Waals surface area contributed by atoms with E-state index in [-0.39, 0.29) is 5.82 Å². The lowest BCUT2D eigenvalue weighted by Crippen LogP contribution is -2.20. The summed E-state index contributed by atoms with van der Waals surface area (Å²) in [6, 6.07) is 4.73. The van der Waals surface area contributed by atoms with E-state index in [1.807, 2.05) is 4.90 Å². The maximum absolute atomic E-state index is 13.0. The number of fused-ring (bicyclic) bond motifs is 1. The number of hydrogen-bond acceptors (Lipinski definition) is 2. The highest BCUT2D eigenvalue weighted by molar-refractivity contribution is 5.79. The van der Waals surface area contributed by atoms with Gasteiger partial charge in [0.15, 0.2) is 0 Å². The van der Waals surface area contributed by atoms with Crippen LogP contribution in [0.2, 0.25) is 0 Å². The summed E-state index contributed by atoms with van der Waals surface area (Å²) in [6.07, 6.45) is 3.57. The molecular weight excluding hydrogens is 209 g/mol. The van der Waals surface area contributed by atoms with E-state index < -0.39 is 5.97 Å². The molecule has 4 heteroatoms. The van der Waals surface area contributed by atoms with Gasteiger partial charge in [0, 0.05) is 24.9 Å². The van der Waals surface area contributed by atoms with Crippen molar-refractivity contribution in [3.8, 4) is 0 Å². The first kappa shape index (κ1) is 10.7. The number of carboxylic acid groups (broad SMARTS) is 1. The molecule has 0 saturated carbocycles. The molecule has 0 aromatic heterocycles. The van der Waals surface area contributed by atoms with Crippen LogP contribution in [-0.2, 0) is 11.2 Å². The van der Waals surface area contributed by atoms with Crippen molar-refractivity contribution in [3.05, 3.63) is 41.7 Å².